The standard InChI is InChI=1S/C39H37Cl2N5O4/c1-20-15-26(16-21(2)34(20)40)50-14-8-11-28-27-9-7-10-30(33-22(3)42-19-43-23(33)4)35(27)45-24(5)37(41)46(38(47)36(28)45)32-18-44(6)31-17-25(39(48)49)12-13-29(31)32/h7,9-10,12-13,15-19,24,37H,8,11,14H2,1-6H3,(H,48,49)/t24-,37?/m1/s1. The molecule has 1 amide bonds. The second kappa shape index (κ2) is 12.8. The molecule has 1 aliphatic heterocycles. The smallest absolute Gasteiger partial charge is 0.335 e. The highest BCUT2D eigenvalue weighted by Crippen LogP contribution is 2.45. The van der Waals surface area contributed by atoms with Gasteiger partial charge in [-0.3, -0.25) is 9.69 Å². The Kier molecular flexibility index (Phi) is 8.60. The van der Waals surface area contributed by atoms with Crippen molar-refractivity contribution < 1.29 is 19.4 Å². The summed E-state index contributed by atoms with van der Waals surface area (Å²) in [6, 6.07) is 14.6. The van der Waals surface area contributed by atoms with Crippen molar-refractivity contribution in [2.75, 3.05) is 11.5 Å². The molecular formula is C39H37Cl2N5O4. The third-order valence-corrected chi connectivity index (χ3v) is 11.0. The average Bonchev–Trinajstić information content (AvgIpc) is 3.59. The number of alkyl halides is 1. The Balaban J connectivity index is 1.37. The number of para-hydroxylation sites is 1. The minimum Gasteiger partial charge on any atom is -0.494 e. The fraction of sp³-hybridized carbons (Fsp3) is 0.282. The number of carbonyl (C=O) groups excluding carboxylic acids is 1. The molecule has 6 aromatic rings. The van der Waals surface area contributed by atoms with Gasteiger partial charge in [-0.2, -0.15) is 0 Å². The van der Waals surface area contributed by atoms with Gasteiger partial charge in [-0.15, -0.1) is 0 Å². The summed E-state index contributed by atoms with van der Waals surface area (Å²) in [7, 11) is 1.84. The molecular weight excluding hydrogens is 673 g/mol. The van der Waals surface area contributed by atoms with E-state index in [1.807, 2.05) is 70.6 Å². The lowest BCUT2D eigenvalue weighted by Crippen LogP contribution is -2.47. The number of fused-ring (bicyclic) bond motifs is 4. The highest BCUT2D eigenvalue weighted by Gasteiger charge is 2.42. The summed E-state index contributed by atoms with van der Waals surface area (Å²) in [6.07, 6.45) is 4.65. The highest BCUT2D eigenvalue weighted by atomic mass is 35.5. The number of benzene rings is 3. The van der Waals surface area contributed by atoms with Crippen LogP contribution in [0, 0.1) is 27.7 Å². The average molecular weight is 711 g/mol. The number of carboxylic acid groups (broad SMARTS) is 1. The number of hydrogen-bond acceptors (Lipinski definition) is 5. The summed E-state index contributed by atoms with van der Waals surface area (Å²) >= 11 is 13.7. The Hall–Kier alpha value is -4.86. The molecule has 0 radical (unpaired) electrons. The molecule has 0 saturated heterocycles. The molecule has 4 heterocycles. The molecule has 3 aromatic heterocycles. The number of amides is 1. The number of aromatic nitrogens is 4. The minimum atomic E-state index is -1.02. The fourth-order valence-electron chi connectivity index (χ4n) is 7.43. The molecule has 50 heavy (non-hydrogen) atoms. The van der Waals surface area contributed by atoms with Gasteiger partial charge in [0.05, 0.1) is 34.9 Å². The van der Waals surface area contributed by atoms with Crippen LogP contribution in [0.2, 0.25) is 5.02 Å². The Morgan fingerprint density at radius 2 is 1.70 bits per heavy atom. The van der Waals surface area contributed by atoms with Gasteiger partial charge in [-0.25, -0.2) is 14.8 Å². The summed E-state index contributed by atoms with van der Waals surface area (Å²) in [5.74, 6) is -0.483. The summed E-state index contributed by atoms with van der Waals surface area (Å²) in [5, 5.41) is 12.1. The van der Waals surface area contributed by atoms with E-state index in [4.69, 9.17) is 27.9 Å². The number of aromatic carboxylic acids is 1. The molecule has 1 unspecified atom stereocenters. The molecule has 1 N–H and O–H groups in total. The van der Waals surface area contributed by atoms with Gasteiger partial charge in [0.2, 0.25) is 0 Å². The lowest BCUT2D eigenvalue weighted by atomic mass is 9.98. The van der Waals surface area contributed by atoms with E-state index in [2.05, 4.69) is 26.7 Å². The lowest BCUT2D eigenvalue weighted by Gasteiger charge is -2.38. The topological polar surface area (TPSA) is 102 Å². The molecule has 256 valence electrons. The van der Waals surface area contributed by atoms with Crippen LogP contribution in [0.3, 0.4) is 0 Å². The first kappa shape index (κ1) is 33.6. The molecule has 9 nitrogen and oxygen atoms in total. The van der Waals surface area contributed by atoms with Crippen molar-refractivity contribution in [2.45, 2.75) is 59.0 Å². The highest BCUT2D eigenvalue weighted by molar-refractivity contribution is 6.32. The van der Waals surface area contributed by atoms with Crippen molar-refractivity contribution in [1.29, 1.82) is 0 Å². The number of carbonyl (C=O) groups is 2. The monoisotopic (exact) mass is 709 g/mol. The first-order valence-corrected chi connectivity index (χ1v) is 17.3. The maximum Gasteiger partial charge on any atom is 0.335 e. The van der Waals surface area contributed by atoms with Crippen LogP contribution in [0.1, 0.15) is 68.3 Å². The Morgan fingerprint density at radius 3 is 2.38 bits per heavy atom. The normalized spacial score (nSPS) is 16.0. The number of hydrogen-bond donors (Lipinski definition) is 1. The van der Waals surface area contributed by atoms with E-state index >= 15 is 0 Å². The summed E-state index contributed by atoms with van der Waals surface area (Å²) in [5.41, 5.74) is 8.62. The van der Waals surface area contributed by atoms with Crippen LogP contribution in [0.5, 0.6) is 5.75 Å². The third kappa shape index (κ3) is 5.40. The lowest BCUT2D eigenvalue weighted by molar-refractivity contribution is 0.0696. The summed E-state index contributed by atoms with van der Waals surface area (Å²) < 4.78 is 10.1. The van der Waals surface area contributed by atoms with Crippen molar-refractivity contribution in [3.05, 3.63) is 105 Å². The van der Waals surface area contributed by atoms with E-state index < -0.39 is 11.5 Å². The third-order valence-electron chi connectivity index (χ3n) is 9.82. The van der Waals surface area contributed by atoms with Gasteiger partial charge in [-0.05, 0) is 94.5 Å². The van der Waals surface area contributed by atoms with Gasteiger partial charge in [0, 0.05) is 51.6 Å². The predicted molar refractivity (Wildman–Crippen MR) is 198 cm³/mol. The van der Waals surface area contributed by atoms with E-state index in [0.29, 0.717) is 36.3 Å². The van der Waals surface area contributed by atoms with Crippen LogP contribution in [-0.4, -0.2) is 48.2 Å². The molecule has 3 aromatic carbocycles. The zero-order valence-electron chi connectivity index (χ0n) is 28.7. The van der Waals surface area contributed by atoms with Crippen LogP contribution >= 0.6 is 23.2 Å². The van der Waals surface area contributed by atoms with Crippen molar-refractivity contribution in [1.82, 2.24) is 19.1 Å². The molecule has 0 spiro atoms. The van der Waals surface area contributed by atoms with Crippen molar-refractivity contribution >= 4 is 62.6 Å². The van der Waals surface area contributed by atoms with Crippen LogP contribution in [0.15, 0.2) is 61.1 Å². The number of anilines is 1. The number of nitrogens with zero attached hydrogens (tertiary/aromatic N) is 5. The van der Waals surface area contributed by atoms with Crippen LogP contribution in [0.4, 0.5) is 5.69 Å². The number of ether oxygens (including phenoxy) is 1. The number of halogens is 2. The number of carboxylic acids is 1. The minimum absolute atomic E-state index is 0.169. The Bertz CT molecular complexity index is 2320. The van der Waals surface area contributed by atoms with Gasteiger partial charge < -0.3 is 19.0 Å². The molecule has 11 heteroatoms. The SMILES string of the molecule is Cc1cc(OCCCc2c3n(c4c(-c5c(C)ncnc5C)cccc24)[C@H](C)C(Cl)N(c2cn(C)c4cc(C(=O)O)ccc24)C3=O)cc(C)c1Cl. The van der Waals surface area contributed by atoms with Crippen molar-refractivity contribution in [3.63, 3.8) is 0 Å². The van der Waals surface area contributed by atoms with Crippen LogP contribution in [0.25, 0.3) is 32.9 Å². The van der Waals surface area contributed by atoms with Gasteiger partial charge >= 0.3 is 5.97 Å². The van der Waals surface area contributed by atoms with E-state index in [9.17, 15) is 14.7 Å². The molecule has 0 bridgehead atoms. The van der Waals surface area contributed by atoms with E-state index in [1.54, 1.807) is 29.4 Å². The van der Waals surface area contributed by atoms with Gasteiger partial charge in [0.15, 0.2) is 0 Å². The molecule has 0 fully saturated rings. The molecule has 2 atom stereocenters. The zero-order valence-corrected chi connectivity index (χ0v) is 30.2. The summed E-state index contributed by atoms with van der Waals surface area (Å²) in [4.78, 5) is 37.4. The second-order valence-electron chi connectivity index (χ2n) is 13.1. The van der Waals surface area contributed by atoms with E-state index in [-0.39, 0.29) is 17.5 Å². The second-order valence-corrected chi connectivity index (χ2v) is 13.9. The predicted octanol–water partition coefficient (Wildman–Crippen LogP) is 8.97. The van der Waals surface area contributed by atoms with Crippen molar-refractivity contribution in [2.24, 2.45) is 7.05 Å². The first-order chi connectivity index (χ1) is 23.9. The zero-order chi connectivity index (χ0) is 35.6. The quantitative estimate of drug-likeness (QED) is 0.0962. The van der Waals surface area contributed by atoms with Gasteiger partial charge in [-0.1, -0.05) is 41.4 Å². The molecule has 0 aliphatic carbocycles. The maximum absolute atomic E-state index is 15.0. The largest absolute Gasteiger partial charge is 0.494 e. The molecule has 0 saturated carbocycles. The number of rotatable bonds is 8. The number of aryl methyl sites for hydroxylation is 6. The first-order valence-electron chi connectivity index (χ1n) is 16.5. The van der Waals surface area contributed by atoms with E-state index in [0.717, 1.165) is 66.3 Å². The molecule has 1 aliphatic rings. The van der Waals surface area contributed by atoms with Gasteiger partial charge in [0.25, 0.3) is 5.91 Å². The van der Waals surface area contributed by atoms with Crippen molar-refractivity contribution in [3.8, 4) is 16.9 Å². The van der Waals surface area contributed by atoms with E-state index in [1.165, 1.54) is 0 Å². The van der Waals surface area contributed by atoms with Gasteiger partial charge in [0.1, 0.15) is 23.3 Å². The van der Waals surface area contributed by atoms with Crippen LogP contribution in [-0.2, 0) is 13.5 Å². The Morgan fingerprint density at radius 1 is 1.00 bits per heavy atom. The summed E-state index contributed by atoms with van der Waals surface area (Å²) in [6.45, 7) is 10.3. The maximum atomic E-state index is 15.0. The molecule has 7 rings (SSSR count). The van der Waals surface area contributed by atoms with Crippen LogP contribution < -0.4 is 9.64 Å². The fourth-order valence-corrected chi connectivity index (χ4v) is 7.85. The Labute approximate surface area is 300 Å².